The molecule has 100 valence electrons. The highest BCUT2D eigenvalue weighted by Crippen LogP contribution is 2.21. The zero-order valence-electron chi connectivity index (χ0n) is 9.55. The predicted molar refractivity (Wildman–Crippen MR) is 69.3 cm³/mol. The fourth-order valence-corrected chi connectivity index (χ4v) is 3.39. The lowest BCUT2D eigenvalue weighted by Gasteiger charge is -2.13. The lowest BCUT2D eigenvalue weighted by molar-refractivity contribution is -0.139. The van der Waals surface area contributed by atoms with Gasteiger partial charge in [0.1, 0.15) is 4.90 Å². The third-order valence-corrected chi connectivity index (χ3v) is 4.64. The Balaban J connectivity index is 2.30. The lowest BCUT2D eigenvalue weighted by atomic mass is 10.3. The Morgan fingerprint density at radius 2 is 2.16 bits per heavy atom. The van der Waals surface area contributed by atoms with Crippen LogP contribution in [-0.4, -0.2) is 24.5 Å². The van der Waals surface area contributed by atoms with Gasteiger partial charge in [-0.05, 0) is 23.6 Å². The van der Waals surface area contributed by atoms with Crippen LogP contribution in [0.1, 0.15) is 10.9 Å². The molecule has 1 atom stereocenters. The van der Waals surface area contributed by atoms with Crippen LogP contribution in [0.2, 0.25) is 0 Å². The Bertz CT molecular complexity index is 653. The van der Waals surface area contributed by atoms with Crippen molar-refractivity contribution in [3.63, 3.8) is 0 Å². The average molecular weight is 298 g/mol. The van der Waals surface area contributed by atoms with E-state index in [1.165, 1.54) is 29.7 Å². The smallest absolute Gasteiger partial charge is 0.327 e. The van der Waals surface area contributed by atoms with E-state index in [2.05, 4.69) is 9.71 Å². The number of carbonyl (C=O) groups is 1. The molecule has 0 aliphatic rings. The Hall–Kier alpha value is -1.77. The molecule has 0 bridgehead atoms. The zero-order valence-corrected chi connectivity index (χ0v) is 11.2. The highest BCUT2D eigenvalue weighted by atomic mass is 32.2. The van der Waals surface area contributed by atoms with Crippen LogP contribution in [0.25, 0.3) is 0 Å². The molecule has 2 heterocycles. The number of aromatic nitrogens is 1. The lowest BCUT2D eigenvalue weighted by Crippen LogP contribution is -2.33. The van der Waals surface area contributed by atoms with Crippen LogP contribution in [-0.2, 0) is 14.8 Å². The van der Waals surface area contributed by atoms with E-state index in [0.717, 1.165) is 6.20 Å². The third kappa shape index (κ3) is 3.16. The van der Waals surface area contributed by atoms with Crippen molar-refractivity contribution in [3.05, 3.63) is 46.9 Å². The number of nitrogens with one attached hydrogen (secondary N) is 1. The molecule has 0 saturated heterocycles. The Morgan fingerprint density at radius 3 is 2.68 bits per heavy atom. The molecular weight excluding hydrogens is 288 g/mol. The van der Waals surface area contributed by atoms with Gasteiger partial charge >= 0.3 is 5.97 Å². The molecule has 2 aromatic heterocycles. The fraction of sp³-hybridized carbons (Fsp3) is 0.0909. The van der Waals surface area contributed by atoms with Crippen LogP contribution in [0.5, 0.6) is 0 Å². The number of rotatable bonds is 5. The van der Waals surface area contributed by atoms with E-state index < -0.39 is 22.0 Å². The summed E-state index contributed by atoms with van der Waals surface area (Å²) in [6, 6.07) is 4.74. The SMILES string of the molecule is O=C(O)C(NS(=O)(=O)c1cccnc1)c1cccs1. The average Bonchev–Trinajstić information content (AvgIpc) is 2.90. The van der Waals surface area contributed by atoms with Crippen LogP contribution < -0.4 is 4.72 Å². The second-order valence-corrected chi connectivity index (χ2v) is 6.29. The minimum Gasteiger partial charge on any atom is -0.480 e. The Kier molecular flexibility index (Phi) is 3.93. The minimum atomic E-state index is -3.92. The normalized spacial score (nSPS) is 13.1. The van der Waals surface area contributed by atoms with Gasteiger partial charge in [-0.25, -0.2) is 8.42 Å². The molecule has 0 saturated carbocycles. The Morgan fingerprint density at radius 1 is 1.37 bits per heavy atom. The first kappa shape index (κ1) is 13.7. The summed E-state index contributed by atoms with van der Waals surface area (Å²) >= 11 is 1.17. The monoisotopic (exact) mass is 298 g/mol. The second-order valence-electron chi connectivity index (χ2n) is 3.60. The molecule has 0 fully saturated rings. The van der Waals surface area contributed by atoms with Gasteiger partial charge in [-0.1, -0.05) is 6.07 Å². The second kappa shape index (κ2) is 5.47. The van der Waals surface area contributed by atoms with Gasteiger partial charge in [0.25, 0.3) is 0 Å². The number of carboxylic acid groups (broad SMARTS) is 1. The van der Waals surface area contributed by atoms with Crippen molar-refractivity contribution >= 4 is 27.3 Å². The van der Waals surface area contributed by atoms with E-state index in [1.807, 2.05) is 0 Å². The minimum absolute atomic E-state index is 0.0715. The van der Waals surface area contributed by atoms with Crippen molar-refractivity contribution < 1.29 is 18.3 Å². The first-order valence-corrected chi connectivity index (χ1v) is 7.55. The summed E-state index contributed by atoms with van der Waals surface area (Å²) in [5.74, 6) is -1.25. The van der Waals surface area contributed by atoms with Crippen LogP contribution in [0.15, 0.2) is 46.9 Å². The molecule has 0 radical (unpaired) electrons. The molecule has 2 N–H and O–H groups in total. The topological polar surface area (TPSA) is 96.4 Å². The van der Waals surface area contributed by atoms with Crippen LogP contribution >= 0.6 is 11.3 Å². The number of hydrogen-bond donors (Lipinski definition) is 2. The molecule has 0 aliphatic carbocycles. The largest absolute Gasteiger partial charge is 0.480 e. The summed E-state index contributed by atoms with van der Waals surface area (Å²) in [6.45, 7) is 0. The summed E-state index contributed by atoms with van der Waals surface area (Å²) in [6.07, 6.45) is 2.60. The highest BCUT2D eigenvalue weighted by Gasteiger charge is 2.27. The summed E-state index contributed by atoms with van der Waals surface area (Å²) < 4.78 is 26.2. The van der Waals surface area contributed by atoms with E-state index in [4.69, 9.17) is 5.11 Å². The number of nitrogens with zero attached hydrogens (tertiary/aromatic N) is 1. The quantitative estimate of drug-likeness (QED) is 0.866. The molecule has 0 spiro atoms. The summed E-state index contributed by atoms with van der Waals surface area (Å²) in [4.78, 5) is 15.2. The fourth-order valence-electron chi connectivity index (χ4n) is 1.41. The third-order valence-electron chi connectivity index (χ3n) is 2.29. The molecule has 8 heteroatoms. The standard InChI is InChI=1S/C11H10N2O4S2/c14-11(15)10(9-4-2-6-18-9)13-19(16,17)8-3-1-5-12-7-8/h1-7,10,13H,(H,14,15). The van der Waals surface area contributed by atoms with Gasteiger partial charge in [-0.3, -0.25) is 9.78 Å². The van der Waals surface area contributed by atoms with E-state index in [-0.39, 0.29) is 4.90 Å². The number of hydrogen-bond acceptors (Lipinski definition) is 5. The molecule has 0 aliphatic heterocycles. The molecule has 1 unspecified atom stereocenters. The van der Waals surface area contributed by atoms with E-state index >= 15 is 0 Å². The molecule has 19 heavy (non-hydrogen) atoms. The molecule has 2 aromatic rings. The number of thiophene rings is 1. The van der Waals surface area contributed by atoms with E-state index in [9.17, 15) is 13.2 Å². The van der Waals surface area contributed by atoms with Crippen molar-refractivity contribution in [1.29, 1.82) is 0 Å². The van der Waals surface area contributed by atoms with Crippen LogP contribution in [0, 0.1) is 0 Å². The van der Waals surface area contributed by atoms with E-state index in [0.29, 0.717) is 4.88 Å². The first-order valence-electron chi connectivity index (χ1n) is 5.19. The van der Waals surface area contributed by atoms with Gasteiger partial charge in [0.05, 0.1) is 0 Å². The number of aliphatic carboxylic acids is 1. The van der Waals surface area contributed by atoms with Gasteiger partial charge in [0, 0.05) is 17.3 Å². The number of carboxylic acids is 1. The Labute approximate surface area is 113 Å². The van der Waals surface area contributed by atoms with Gasteiger partial charge in [0.2, 0.25) is 10.0 Å². The van der Waals surface area contributed by atoms with Gasteiger partial charge < -0.3 is 5.11 Å². The van der Waals surface area contributed by atoms with Gasteiger partial charge in [-0.2, -0.15) is 4.72 Å². The summed E-state index contributed by atoms with van der Waals surface area (Å²) in [5.41, 5.74) is 0. The van der Waals surface area contributed by atoms with Gasteiger partial charge in [-0.15, -0.1) is 11.3 Å². The summed E-state index contributed by atoms with van der Waals surface area (Å²) in [7, 11) is -3.92. The van der Waals surface area contributed by atoms with Crippen molar-refractivity contribution in [2.45, 2.75) is 10.9 Å². The maximum atomic E-state index is 12.0. The molecule has 0 aromatic carbocycles. The molecule has 2 rings (SSSR count). The maximum Gasteiger partial charge on any atom is 0.327 e. The molecule has 0 amide bonds. The zero-order chi connectivity index (χ0) is 13.9. The van der Waals surface area contributed by atoms with E-state index in [1.54, 1.807) is 17.5 Å². The number of pyridine rings is 1. The van der Waals surface area contributed by atoms with Crippen molar-refractivity contribution in [2.75, 3.05) is 0 Å². The van der Waals surface area contributed by atoms with Crippen LogP contribution in [0.4, 0.5) is 0 Å². The summed E-state index contributed by atoms with van der Waals surface area (Å²) in [5, 5.41) is 10.8. The van der Waals surface area contributed by atoms with Gasteiger partial charge in [0.15, 0.2) is 6.04 Å². The van der Waals surface area contributed by atoms with Crippen LogP contribution in [0.3, 0.4) is 0 Å². The first-order chi connectivity index (χ1) is 9.00. The van der Waals surface area contributed by atoms with Crippen molar-refractivity contribution in [3.8, 4) is 0 Å². The molecular formula is C11H10N2O4S2. The predicted octanol–water partition coefficient (Wildman–Crippen LogP) is 1.25. The highest BCUT2D eigenvalue weighted by molar-refractivity contribution is 7.89. The molecule has 6 nitrogen and oxygen atoms in total. The van der Waals surface area contributed by atoms with Crippen molar-refractivity contribution in [2.24, 2.45) is 0 Å². The van der Waals surface area contributed by atoms with Crippen molar-refractivity contribution in [1.82, 2.24) is 9.71 Å². The number of sulfonamides is 1. The maximum absolute atomic E-state index is 12.0.